The van der Waals surface area contributed by atoms with E-state index in [2.05, 4.69) is 24.1 Å². The number of carbonyl (C=O) groups is 2. The van der Waals surface area contributed by atoms with Crippen molar-refractivity contribution in [3.8, 4) is 11.1 Å². The number of esters is 1. The summed E-state index contributed by atoms with van der Waals surface area (Å²) in [5.41, 5.74) is 6.28. The highest BCUT2D eigenvalue weighted by Crippen LogP contribution is 2.46. The maximum atomic E-state index is 13.6. The molecule has 2 heterocycles. The van der Waals surface area contributed by atoms with E-state index in [9.17, 15) is 9.59 Å². The molecule has 4 rings (SSSR count). The van der Waals surface area contributed by atoms with Crippen LogP contribution in [0.1, 0.15) is 87.4 Å². The largest absolute Gasteiger partial charge is 0.461 e. The van der Waals surface area contributed by atoms with Gasteiger partial charge >= 0.3 is 5.97 Å². The standard InChI is InChI=1S/C35H45N3O4/c1-22(2)41-33(40)31(42-34(5,6)7)29-24(4)37-23(3)28(30(29)38-20-35(8,9)21-38)26-15-17-27(18-16-26)32(39)36-19-25-13-11-10-12-14-25/h10-18,22,31H,19-21H2,1-9H3,(H,36,39)/t31-/m0/s1. The molecule has 1 fully saturated rings. The number of hydrogen-bond donors (Lipinski definition) is 1. The third kappa shape index (κ3) is 7.37. The Morgan fingerprint density at radius 2 is 1.60 bits per heavy atom. The van der Waals surface area contributed by atoms with Gasteiger partial charge in [-0.2, -0.15) is 0 Å². The molecule has 1 amide bonds. The van der Waals surface area contributed by atoms with Gasteiger partial charge in [0.1, 0.15) is 0 Å². The van der Waals surface area contributed by atoms with Crippen molar-refractivity contribution < 1.29 is 19.1 Å². The van der Waals surface area contributed by atoms with Crippen LogP contribution in [0.15, 0.2) is 54.6 Å². The smallest absolute Gasteiger partial charge is 0.340 e. The van der Waals surface area contributed by atoms with Gasteiger partial charge in [0.25, 0.3) is 5.91 Å². The van der Waals surface area contributed by atoms with Gasteiger partial charge in [-0.25, -0.2) is 4.79 Å². The number of anilines is 1. The fraction of sp³-hybridized carbons (Fsp3) is 0.457. The molecule has 0 saturated carbocycles. The molecule has 0 aliphatic carbocycles. The first-order chi connectivity index (χ1) is 19.6. The zero-order valence-electron chi connectivity index (χ0n) is 26.5. The van der Waals surface area contributed by atoms with Crippen molar-refractivity contribution in [3.05, 3.63) is 82.7 Å². The summed E-state index contributed by atoms with van der Waals surface area (Å²) < 4.78 is 12.1. The second kappa shape index (κ2) is 12.3. The summed E-state index contributed by atoms with van der Waals surface area (Å²) in [4.78, 5) is 33.7. The number of nitrogens with zero attached hydrogens (tertiary/aromatic N) is 2. The van der Waals surface area contributed by atoms with Gasteiger partial charge in [-0.05, 0) is 77.1 Å². The number of benzene rings is 2. The number of ether oxygens (including phenoxy) is 2. The van der Waals surface area contributed by atoms with Crippen LogP contribution in [0.25, 0.3) is 11.1 Å². The minimum Gasteiger partial charge on any atom is -0.461 e. The molecule has 1 aliphatic heterocycles. The predicted molar refractivity (Wildman–Crippen MR) is 168 cm³/mol. The zero-order valence-corrected chi connectivity index (χ0v) is 26.5. The highest BCUT2D eigenvalue weighted by molar-refractivity contribution is 5.95. The van der Waals surface area contributed by atoms with Crippen molar-refractivity contribution >= 4 is 17.6 Å². The molecule has 0 spiro atoms. The SMILES string of the molecule is Cc1nc(C)c([C@H](OC(C)(C)C)C(=O)OC(C)C)c(N2CC(C)(C)C2)c1-c1ccc(C(=O)NCc2ccccc2)cc1. The molecule has 2 aromatic carbocycles. The number of aromatic nitrogens is 1. The summed E-state index contributed by atoms with van der Waals surface area (Å²) in [7, 11) is 0. The molecule has 1 atom stereocenters. The predicted octanol–water partition coefficient (Wildman–Crippen LogP) is 6.95. The molecule has 0 bridgehead atoms. The topological polar surface area (TPSA) is 80.8 Å². The molecule has 1 aliphatic rings. The van der Waals surface area contributed by atoms with E-state index in [1.807, 2.05) is 103 Å². The van der Waals surface area contributed by atoms with Crippen LogP contribution < -0.4 is 10.2 Å². The molecular weight excluding hydrogens is 526 g/mol. The second-order valence-corrected chi connectivity index (χ2v) is 13.3. The van der Waals surface area contributed by atoms with E-state index in [0.29, 0.717) is 12.1 Å². The van der Waals surface area contributed by atoms with E-state index in [4.69, 9.17) is 14.5 Å². The van der Waals surface area contributed by atoms with Crippen LogP contribution in [0.2, 0.25) is 0 Å². The Balaban J connectivity index is 1.78. The summed E-state index contributed by atoms with van der Waals surface area (Å²) in [6.07, 6.45) is -1.23. The van der Waals surface area contributed by atoms with Gasteiger partial charge in [-0.3, -0.25) is 9.78 Å². The van der Waals surface area contributed by atoms with Gasteiger partial charge < -0.3 is 19.7 Å². The van der Waals surface area contributed by atoms with E-state index in [-0.39, 0.29) is 17.4 Å². The Bertz CT molecular complexity index is 1420. The number of rotatable bonds is 9. The van der Waals surface area contributed by atoms with Crippen molar-refractivity contribution in [2.45, 2.75) is 86.7 Å². The van der Waals surface area contributed by atoms with Gasteiger partial charge in [-0.1, -0.05) is 56.3 Å². The lowest BCUT2D eigenvalue weighted by molar-refractivity contribution is -0.171. The van der Waals surface area contributed by atoms with Gasteiger partial charge in [-0.15, -0.1) is 0 Å². The summed E-state index contributed by atoms with van der Waals surface area (Å²) in [6, 6.07) is 17.4. The molecule has 224 valence electrons. The van der Waals surface area contributed by atoms with Crippen molar-refractivity contribution in [1.29, 1.82) is 0 Å². The van der Waals surface area contributed by atoms with Crippen molar-refractivity contribution in [1.82, 2.24) is 10.3 Å². The summed E-state index contributed by atoms with van der Waals surface area (Å²) in [6.45, 7) is 20.0. The highest BCUT2D eigenvalue weighted by atomic mass is 16.6. The Hall–Kier alpha value is -3.71. The maximum Gasteiger partial charge on any atom is 0.340 e. The highest BCUT2D eigenvalue weighted by Gasteiger charge is 2.41. The van der Waals surface area contributed by atoms with Crippen molar-refractivity contribution in [2.75, 3.05) is 18.0 Å². The minimum absolute atomic E-state index is 0.135. The number of nitrogens with one attached hydrogen (secondary N) is 1. The first-order valence-electron chi connectivity index (χ1n) is 14.7. The second-order valence-electron chi connectivity index (χ2n) is 13.3. The molecule has 3 aromatic rings. The van der Waals surface area contributed by atoms with E-state index in [1.54, 1.807) is 0 Å². The minimum atomic E-state index is -0.944. The lowest BCUT2D eigenvalue weighted by atomic mass is 9.81. The molecule has 42 heavy (non-hydrogen) atoms. The Labute approximate surface area is 250 Å². The Morgan fingerprint density at radius 1 is 0.976 bits per heavy atom. The lowest BCUT2D eigenvalue weighted by Crippen LogP contribution is -2.54. The van der Waals surface area contributed by atoms with Gasteiger partial charge in [0.2, 0.25) is 0 Å². The number of aryl methyl sites for hydroxylation is 2. The maximum absolute atomic E-state index is 13.6. The van der Waals surface area contributed by atoms with Crippen LogP contribution >= 0.6 is 0 Å². The summed E-state index contributed by atoms with van der Waals surface area (Å²) in [5.74, 6) is -0.560. The van der Waals surface area contributed by atoms with Crippen LogP contribution in [0.4, 0.5) is 5.69 Å². The van der Waals surface area contributed by atoms with Gasteiger partial charge in [0.05, 0.1) is 17.4 Å². The molecule has 0 unspecified atom stereocenters. The molecule has 7 nitrogen and oxygen atoms in total. The number of pyridine rings is 1. The van der Waals surface area contributed by atoms with E-state index in [1.165, 1.54) is 0 Å². The number of hydrogen-bond acceptors (Lipinski definition) is 6. The van der Waals surface area contributed by atoms with Crippen LogP contribution in [-0.4, -0.2) is 41.7 Å². The molecule has 1 N–H and O–H groups in total. The Kier molecular flexibility index (Phi) is 9.12. The van der Waals surface area contributed by atoms with Gasteiger partial charge in [0.15, 0.2) is 6.10 Å². The van der Waals surface area contributed by atoms with Gasteiger partial charge in [0, 0.05) is 47.7 Å². The van der Waals surface area contributed by atoms with Crippen molar-refractivity contribution in [3.63, 3.8) is 0 Å². The zero-order chi connectivity index (χ0) is 30.8. The van der Waals surface area contributed by atoms with E-state index in [0.717, 1.165) is 52.4 Å². The third-order valence-electron chi connectivity index (χ3n) is 7.16. The monoisotopic (exact) mass is 571 g/mol. The van der Waals surface area contributed by atoms with Crippen LogP contribution in [0.3, 0.4) is 0 Å². The quantitative estimate of drug-likeness (QED) is 0.280. The fourth-order valence-corrected chi connectivity index (χ4v) is 5.52. The average Bonchev–Trinajstić information content (AvgIpc) is 2.88. The van der Waals surface area contributed by atoms with Crippen LogP contribution in [0.5, 0.6) is 0 Å². The number of amides is 1. The van der Waals surface area contributed by atoms with Crippen LogP contribution in [-0.2, 0) is 20.8 Å². The fourth-order valence-electron chi connectivity index (χ4n) is 5.52. The first kappa shape index (κ1) is 31.2. The number of carbonyl (C=O) groups excluding carboxylic acids is 2. The molecule has 1 saturated heterocycles. The average molecular weight is 572 g/mol. The van der Waals surface area contributed by atoms with E-state index >= 15 is 0 Å². The molecular formula is C35H45N3O4. The van der Waals surface area contributed by atoms with Crippen molar-refractivity contribution in [2.24, 2.45) is 5.41 Å². The first-order valence-corrected chi connectivity index (χ1v) is 14.7. The molecule has 1 aromatic heterocycles. The lowest BCUT2D eigenvalue weighted by Gasteiger charge is -2.49. The Morgan fingerprint density at radius 3 is 2.14 bits per heavy atom. The third-order valence-corrected chi connectivity index (χ3v) is 7.16. The summed E-state index contributed by atoms with van der Waals surface area (Å²) in [5, 5.41) is 3.00. The van der Waals surface area contributed by atoms with E-state index < -0.39 is 17.7 Å². The summed E-state index contributed by atoms with van der Waals surface area (Å²) >= 11 is 0. The molecule has 0 radical (unpaired) electrons. The van der Waals surface area contributed by atoms with Crippen LogP contribution in [0, 0.1) is 19.3 Å². The normalized spacial score (nSPS) is 15.2. The molecule has 7 heteroatoms.